The monoisotopic (exact) mass is 422 g/mol. The number of carbonyl (C=O) groups is 2. The molecule has 2 aromatic rings. The first-order valence-electron chi connectivity index (χ1n) is 11.0. The summed E-state index contributed by atoms with van der Waals surface area (Å²) in [6.07, 6.45) is 1.78. The van der Waals surface area contributed by atoms with E-state index in [4.69, 9.17) is 4.74 Å². The topological polar surface area (TPSA) is 82.7 Å². The number of amides is 2. The quantitative estimate of drug-likeness (QED) is 0.596. The molecular weight excluding hydrogens is 392 g/mol. The van der Waals surface area contributed by atoms with Gasteiger partial charge in [-0.1, -0.05) is 43.3 Å². The van der Waals surface area contributed by atoms with Gasteiger partial charge in [0.2, 0.25) is 5.91 Å². The number of nitrogens with zero attached hydrogens (tertiary/aromatic N) is 1. The van der Waals surface area contributed by atoms with Crippen molar-refractivity contribution in [2.75, 3.05) is 31.5 Å². The van der Waals surface area contributed by atoms with Crippen LogP contribution in [0.3, 0.4) is 0 Å². The maximum Gasteiger partial charge on any atom is 0.421 e. The van der Waals surface area contributed by atoms with Crippen LogP contribution in [-0.2, 0) is 16.1 Å². The van der Waals surface area contributed by atoms with E-state index in [-0.39, 0.29) is 18.4 Å². The van der Waals surface area contributed by atoms with Crippen molar-refractivity contribution in [3.8, 4) is 11.1 Å². The number of hydrazine groups is 1. The number of rotatable bonds is 7. The average Bonchev–Trinajstić information content (AvgIpc) is 2.83. The lowest BCUT2D eigenvalue weighted by Gasteiger charge is -2.43. The van der Waals surface area contributed by atoms with E-state index in [0.29, 0.717) is 12.5 Å². The Bertz CT molecular complexity index is 890. The Labute approximate surface area is 183 Å². The summed E-state index contributed by atoms with van der Waals surface area (Å²) >= 11 is 0. The molecule has 3 aliphatic heterocycles. The Balaban J connectivity index is 1.30. The van der Waals surface area contributed by atoms with Gasteiger partial charge in [-0.2, -0.15) is 0 Å². The molecule has 0 unspecified atom stereocenters. The van der Waals surface area contributed by atoms with Gasteiger partial charge in [-0.15, -0.1) is 0 Å². The van der Waals surface area contributed by atoms with Gasteiger partial charge >= 0.3 is 6.09 Å². The molecule has 3 N–H and O–H groups in total. The van der Waals surface area contributed by atoms with E-state index in [2.05, 4.69) is 21.1 Å². The maximum atomic E-state index is 12.7. The average molecular weight is 423 g/mol. The van der Waals surface area contributed by atoms with Crippen LogP contribution in [0.4, 0.5) is 10.5 Å². The Kier molecular flexibility index (Phi) is 6.84. The smallest absolute Gasteiger partial charge is 0.421 e. The fourth-order valence-corrected chi connectivity index (χ4v) is 4.38. The third-order valence-electron chi connectivity index (χ3n) is 6.17. The van der Waals surface area contributed by atoms with Gasteiger partial charge in [0, 0.05) is 18.8 Å². The zero-order chi connectivity index (χ0) is 21.6. The highest BCUT2D eigenvalue weighted by Crippen LogP contribution is 2.33. The molecular formula is C24H30N4O3. The number of fused-ring (bicyclic) bond motifs is 3. The van der Waals surface area contributed by atoms with Gasteiger partial charge < -0.3 is 15.0 Å². The lowest BCUT2D eigenvalue weighted by Crippen LogP contribution is -2.51. The Morgan fingerprint density at radius 3 is 2.23 bits per heavy atom. The summed E-state index contributed by atoms with van der Waals surface area (Å²) in [7, 11) is 0. The van der Waals surface area contributed by atoms with Crippen LogP contribution in [0.15, 0.2) is 48.5 Å². The summed E-state index contributed by atoms with van der Waals surface area (Å²) < 4.78 is 5.14. The molecule has 7 heteroatoms. The minimum atomic E-state index is -0.498. The van der Waals surface area contributed by atoms with Gasteiger partial charge in [0.15, 0.2) is 0 Å². The number of nitrogens with one attached hydrogen (secondary N) is 3. The molecule has 0 aliphatic carbocycles. The van der Waals surface area contributed by atoms with Crippen LogP contribution in [0, 0.1) is 11.8 Å². The van der Waals surface area contributed by atoms with Gasteiger partial charge in [-0.05, 0) is 60.7 Å². The van der Waals surface area contributed by atoms with Crippen molar-refractivity contribution in [2.45, 2.75) is 26.4 Å². The molecule has 0 radical (unpaired) electrons. The molecule has 3 heterocycles. The van der Waals surface area contributed by atoms with Crippen LogP contribution in [0.1, 0.15) is 25.3 Å². The molecule has 0 saturated carbocycles. The second kappa shape index (κ2) is 9.94. The van der Waals surface area contributed by atoms with Crippen molar-refractivity contribution >= 4 is 17.7 Å². The first kappa shape index (κ1) is 21.3. The first-order valence-corrected chi connectivity index (χ1v) is 11.0. The third-order valence-corrected chi connectivity index (χ3v) is 6.17. The second-order valence-electron chi connectivity index (χ2n) is 8.24. The van der Waals surface area contributed by atoms with E-state index < -0.39 is 6.09 Å². The summed E-state index contributed by atoms with van der Waals surface area (Å²) in [6, 6.07) is 15.8. The molecule has 2 amide bonds. The normalized spacial score (nSPS) is 22.0. The van der Waals surface area contributed by atoms with E-state index in [0.717, 1.165) is 54.9 Å². The highest BCUT2D eigenvalue weighted by molar-refractivity contribution is 5.93. The highest BCUT2D eigenvalue weighted by atomic mass is 16.6. The molecule has 164 valence electrons. The van der Waals surface area contributed by atoms with Crippen LogP contribution in [-0.4, -0.2) is 43.1 Å². The van der Waals surface area contributed by atoms with Crippen LogP contribution >= 0.6 is 0 Å². The fourth-order valence-electron chi connectivity index (χ4n) is 4.38. The van der Waals surface area contributed by atoms with E-state index in [1.165, 1.54) is 0 Å². The fraction of sp³-hybridized carbons (Fsp3) is 0.417. The summed E-state index contributed by atoms with van der Waals surface area (Å²) in [6.45, 7) is 5.89. The Hall–Kier alpha value is -2.90. The molecule has 0 aromatic heterocycles. The van der Waals surface area contributed by atoms with Gasteiger partial charge in [0.05, 0.1) is 5.92 Å². The summed E-state index contributed by atoms with van der Waals surface area (Å²) in [5, 5.41) is 3.10. The molecule has 2 bridgehead atoms. The molecule has 0 spiro atoms. The number of benzene rings is 2. The third kappa shape index (κ3) is 5.42. The summed E-state index contributed by atoms with van der Waals surface area (Å²) in [5.74, 6) is 0.780. The van der Waals surface area contributed by atoms with Crippen molar-refractivity contribution < 1.29 is 14.3 Å². The molecule has 1 atom stereocenters. The van der Waals surface area contributed by atoms with Crippen molar-refractivity contribution in [1.29, 1.82) is 0 Å². The van der Waals surface area contributed by atoms with Crippen LogP contribution in [0.2, 0.25) is 0 Å². The van der Waals surface area contributed by atoms with Crippen LogP contribution in [0.25, 0.3) is 11.1 Å². The summed E-state index contributed by atoms with van der Waals surface area (Å²) in [5.41, 5.74) is 9.03. The molecule has 5 rings (SSSR count). The number of hydrogen-bond acceptors (Lipinski definition) is 5. The predicted molar refractivity (Wildman–Crippen MR) is 120 cm³/mol. The largest absolute Gasteiger partial charge is 0.444 e. The number of hydrogen-bond donors (Lipinski definition) is 3. The maximum absolute atomic E-state index is 12.7. The zero-order valence-electron chi connectivity index (χ0n) is 17.9. The van der Waals surface area contributed by atoms with Gasteiger partial charge in [0.25, 0.3) is 0 Å². The first-order chi connectivity index (χ1) is 15.1. The predicted octanol–water partition coefficient (Wildman–Crippen LogP) is 3.38. The molecule has 3 saturated heterocycles. The van der Waals surface area contributed by atoms with Crippen molar-refractivity contribution in [2.24, 2.45) is 11.8 Å². The molecule has 31 heavy (non-hydrogen) atoms. The second-order valence-corrected chi connectivity index (χ2v) is 8.24. The van der Waals surface area contributed by atoms with E-state index in [1.807, 2.05) is 55.5 Å². The zero-order valence-corrected chi connectivity index (χ0v) is 17.9. The minimum Gasteiger partial charge on any atom is -0.444 e. The SMILES string of the molecule is CCNNC(=O)OCc1ccc(-c2ccc(NC(=O)[C@H]3CN4CCC3CC4)cc2)cc1. The number of ether oxygens (including phenoxy) is 1. The van der Waals surface area contributed by atoms with E-state index >= 15 is 0 Å². The number of piperidine rings is 3. The van der Waals surface area contributed by atoms with E-state index in [1.54, 1.807) is 0 Å². The van der Waals surface area contributed by atoms with Crippen molar-refractivity contribution in [3.63, 3.8) is 0 Å². The summed E-state index contributed by atoms with van der Waals surface area (Å²) in [4.78, 5) is 26.6. The van der Waals surface area contributed by atoms with Crippen molar-refractivity contribution in [1.82, 2.24) is 15.8 Å². The molecule has 2 aromatic carbocycles. The van der Waals surface area contributed by atoms with E-state index in [9.17, 15) is 9.59 Å². The van der Waals surface area contributed by atoms with Gasteiger partial charge in [0.1, 0.15) is 6.61 Å². The highest BCUT2D eigenvalue weighted by Gasteiger charge is 2.38. The number of carbonyl (C=O) groups excluding carboxylic acids is 2. The Morgan fingerprint density at radius 1 is 1.00 bits per heavy atom. The van der Waals surface area contributed by atoms with Crippen LogP contribution < -0.4 is 16.2 Å². The van der Waals surface area contributed by atoms with Gasteiger partial charge in [-0.3, -0.25) is 10.2 Å². The lowest BCUT2D eigenvalue weighted by molar-refractivity contribution is -0.125. The molecule has 3 fully saturated rings. The standard InChI is InChI=1S/C24H30N4O3/c1-2-25-27-24(30)31-16-17-3-5-18(6-4-17)19-7-9-21(10-8-19)26-23(29)22-15-28-13-11-20(22)12-14-28/h3-10,20,22,25H,2,11-16H2,1H3,(H,26,29)(H,27,30)/t22-/m0/s1. The lowest BCUT2D eigenvalue weighted by atomic mass is 9.78. The Morgan fingerprint density at radius 2 is 1.65 bits per heavy atom. The molecule has 3 aliphatic rings. The van der Waals surface area contributed by atoms with Crippen LogP contribution in [0.5, 0.6) is 0 Å². The molecule has 7 nitrogen and oxygen atoms in total. The van der Waals surface area contributed by atoms with Crippen molar-refractivity contribution in [3.05, 3.63) is 54.1 Å². The van der Waals surface area contributed by atoms with Gasteiger partial charge in [-0.25, -0.2) is 10.2 Å². The number of anilines is 1. The minimum absolute atomic E-state index is 0.108.